The van der Waals surface area contributed by atoms with Gasteiger partial charge in [-0.2, -0.15) is 0 Å². The van der Waals surface area contributed by atoms with Gasteiger partial charge in [0.2, 0.25) is 0 Å². The van der Waals surface area contributed by atoms with Gasteiger partial charge in [0.15, 0.2) is 0 Å². The van der Waals surface area contributed by atoms with Crippen molar-refractivity contribution in [1.82, 2.24) is 5.32 Å². The second-order valence-electron chi connectivity index (χ2n) is 2.63. The quantitative estimate of drug-likeness (QED) is 0.634. The van der Waals surface area contributed by atoms with Crippen molar-refractivity contribution >= 4 is 6.29 Å². The molecule has 0 aromatic carbocycles. The Labute approximate surface area is 70.4 Å². The Balaban J connectivity index is 0. The first-order valence-electron chi connectivity index (χ1n) is 4.32. The molecule has 2 heteroatoms. The van der Waals surface area contributed by atoms with Crippen molar-refractivity contribution in [3.63, 3.8) is 0 Å². The highest BCUT2D eigenvalue weighted by molar-refractivity contribution is 5.52. The summed E-state index contributed by atoms with van der Waals surface area (Å²) in [6.45, 7) is 7.20. The number of carbonyl (C=O) groups is 1. The second kappa shape index (κ2) is 12.3. The van der Waals surface area contributed by atoms with Gasteiger partial charge in [-0.15, -0.1) is 0 Å². The fourth-order valence-electron chi connectivity index (χ4n) is 0.346. The first-order valence-corrected chi connectivity index (χ1v) is 4.32. The maximum absolute atomic E-state index is 9.74. The molecule has 0 aromatic rings. The third-order valence-electron chi connectivity index (χ3n) is 1.38. The molecule has 0 aromatic heterocycles. The van der Waals surface area contributed by atoms with Crippen molar-refractivity contribution < 1.29 is 4.79 Å². The Morgan fingerprint density at radius 1 is 1.45 bits per heavy atom. The molecule has 1 N–H and O–H groups in total. The Bertz CT molecular complexity index is 72.0. The number of nitrogens with one attached hydrogen (secondary N) is 1. The van der Waals surface area contributed by atoms with Gasteiger partial charge < -0.3 is 10.1 Å². The van der Waals surface area contributed by atoms with Gasteiger partial charge in [0, 0.05) is 5.92 Å². The number of aldehydes is 1. The summed E-state index contributed by atoms with van der Waals surface area (Å²) >= 11 is 0. The summed E-state index contributed by atoms with van der Waals surface area (Å²) < 4.78 is 0. The van der Waals surface area contributed by atoms with E-state index in [4.69, 9.17) is 0 Å². The van der Waals surface area contributed by atoms with E-state index in [9.17, 15) is 4.79 Å². The van der Waals surface area contributed by atoms with Gasteiger partial charge in [-0.05, 0) is 26.4 Å². The van der Waals surface area contributed by atoms with E-state index in [1.54, 1.807) is 0 Å². The maximum Gasteiger partial charge on any atom is 0.122 e. The van der Waals surface area contributed by atoms with Crippen LogP contribution in [0.4, 0.5) is 0 Å². The summed E-state index contributed by atoms with van der Waals surface area (Å²) in [5.41, 5.74) is 0. The summed E-state index contributed by atoms with van der Waals surface area (Å²) in [5, 5.41) is 3.02. The standard InChI is InChI=1S/C5H10O.C4H11N/c1-3-5(2)4-6;1-3-4-5-2/h4-5H,3H2,1-2H3;5H,3-4H2,1-2H3. The summed E-state index contributed by atoms with van der Waals surface area (Å²) in [6.07, 6.45) is 3.17. The van der Waals surface area contributed by atoms with Crippen molar-refractivity contribution in [2.24, 2.45) is 5.92 Å². The van der Waals surface area contributed by atoms with E-state index in [-0.39, 0.29) is 5.92 Å². The van der Waals surface area contributed by atoms with E-state index >= 15 is 0 Å². The summed E-state index contributed by atoms with van der Waals surface area (Å²) in [7, 11) is 1.96. The third kappa shape index (κ3) is 17.7. The van der Waals surface area contributed by atoms with Crippen molar-refractivity contribution in [3.8, 4) is 0 Å². The number of carbonyl (C=O) groups excluding carboxylic acids is 1. The number of rotatable bonds is 4. The average Bonchev–Trinajstić information content (AvgIpc) is 2.06. The Hall–Kier alpha value is -0.370. The molecule has 0 spiro atoms. The van der Waals surface area contributed by atoms with Crippen molar-refractivity contribution in [2.75, 3.05) is 13.6 Å². The van der Waals surface area contributed by atoms with Crippen LogP contribution in [-0.2, 0) is 4.79 Å². The zero-order valence-corrected chi connectivity index (χ0v) is 8.18. The van der Waals surface area contributed by atoms with Gasteiger partial charge in [-0.25, -0.2) is 0 Å². The molecule has 0 fully saturated rings. The van der Waals surface area contributed by atoms with Crippen LogP contribution >= 0.6 is 0 Å². The molecule has 0 rings (SSSR count). The van der Waals surface area contributed by atoms with Gasteiger partial charge in [-0.1, -0.05) is 20.8 Å². The lowest BCUT2D eigenvalue weighted by atomic mass is 10.2. The lowest BCUT2D eigenvalue weighted by Crippen LogP contribution is -2.04. The van der Waals surface area contributed by atoms with Crippen LogP contribution in [-0.4, -0.2) is 19.9 Å². The first-order chi connectivity index (χ1) is 5.22. The maximum atomic E-state index is 9.74. The predicted molar refractivity (Wildman–Crippen MR) is 49.7 cm³/mol. The molecular weight excluding hydrogens is 138 g/mol. The normalized spacial score (nSPS) is 11.3. The molecule has 0 aliphatic rings. The summed E-state index contributed by atoms with van der Waals surface area (Å²) in [6, 6.07) is 0. The zero-order valence-electron chi connectivity index (χ0n) is 8.18. The van der Waals surface area contributed by atoms with Crippen LogP contribution < -0.4 is 5.32 Å². The van der Waals surface area contributed by atoms with E-state index in [1.807, 2.05) is 20.9 Å². The van der Waals surface area contributed by atoms with E-state index in [0.29, 0.717) is 0 Å². The molecule has 0 radical (unpaired) electrons. The minimum atomic E-state index is 0.255. The van der Waals surface area contributed by atoms with Crippen LogP contribution in [0.15, 0.2) is 0 Å². The van der Waals surface area contributed by atoms with Crippen LogP contribution in [0.5, 0.6) is 0 Å². The van der Waals surface area contributed by atoms with Gasteiger partial charge in [0.05, 0.1) is 0 Å². The molecule has 11 heavy (non-hydrogen) atoms. The highest BCUT2D eigenvalue weighted by atomic mass is 16.1. The topological polar surface area (TPSA) is 29.1 Å². The highest BCUT2D eigenvalue weighted by Gasteiger charge is 1.89. The molecule has 2 nitrogen and oxygen atoms in total. The zero-order chi connectivity index (χ0) is 9.11. The van der Waals surface area contributed by atoms with Crippen molar-refractivity contribution in [2.45, 2.75) is 33.6 Å². The van der Waals surface area contributed by atoms with Gasteiger partial charge in [0.25, 0.3) is 0 Å². The number of hydrogen-bond donors (Lipinski definition) is 1. The Morgan fingerprint density at radius 3 is 2.00 bits per heavy atom. The molecule has 0 aliphatic carbocycles. The molecule has 1 unspecified atom stereocenters. The van der Waals surface area contributed by atoms with Gasteiger partial charge >= 0.3 is 0 Å². The lowest BCUT2D eigenvalue weighted by Gasteiger charge is -1.89. The smallest absolute Gasteiger partial charge is 0.122 e. The van der Waals surface area contributed by atoms with E-state index in [0.717, 1.165) is 19.3 Å². The molecule has 0 aliphatic heterocycles. The minimum absolute atomic E-state index is 0.255. The van der Waals surface area contributed by atoms with E-state index in [2.05, 4.69) is 12.2 Å². The molecule has 0 heterocycles. The van der Waals surface area contributed by atoms with Gasteiger partial charge in [0.1, 0.15) is 6.29 Å². The predicted octanol–water partition coefficient (Wildman–Crippen LogP) is 1.85. The van der Waals surface area contributed by atoms with Crippen LogP contribution in [0.2, 0.25) is 0 Å². The average molecular weight is 159 g/mol. The Kier molecular flexibility index (Phi) is 14.8. The molecule has 0 bridgehead atoms. The second-order valence-corrected chi connectivity index (χ2v) is 2.63. The summed E-state index contributed by atoms with van der Waals surface area (Å²) in [4.78, 5) is 9.74. The first kappa shape index (κ1) is 13.2. The van der Waals surface area contributed by atoms with Gasteiger partial charge in [-0.3, -0.25) is 0 Å². The minimum Gasteiger partial charge on any atom is -0.320 e. The molecule has 68 valence electrons. The summed E-state index contributed by atoms with van der Waals surface area (Å²) in [5.74, 6) is 0.255. The van der Waals surface area contributed by atoms with E-state index < -0.39 is 0 Å². The number of hydrogen-bond acceptors (Lipinski definition) is 2. The molecule has 0 saturated carbocycles. The van der Waals surface area contributed by atoms with Crippen LogP contribution in [0.25, 0.3) is 0 Å². The molecule has 0 amide bonds. The van der Waals surface area contributed by atoms with Crippen LogP contribution in [0.1, 0.15) is 33.6 Å². The fourth-order valence-corrected chi connectivity index (χ4v) is 0.346. The molecule has 1 atom stereocenters. The SMILES string of the molecule is CCC(C)C=O.CCCNC. The highest BCUT2D eigenvalue weighted by Crippen LogP contribution is 1.91. The molecular formula is C9H21NO. The van der Waals surface area contributed by atoms with Crippen LogP contribution in [0.3, 0.4) is 0 Å². The monoisotopic (exact) mass is 159 g/mol. The largest absolute Gasteiger partial charge is 0.320 e. The Morgan fingerprint density at radius 2 is 2.00 bits per heavy atom. The van der Waals surface area contributed by atoms with Crippen molar-refractivity contribution in [1.29, 1.82) is 0 Å². The van der Waals surface area contributed by atoms with Crippen molar-refractivity contribution in [3.05, 3.63) is 0 Å². The molecule has 0 saturated heterocycles. The van der Waals surface area contributed by atoms with Crippen LogP contribution in [0, 0.1) is 5.92 Å². The third-order valence-corrected chi connectivity index (χ3v) is 1.38. The fraction of sp³-hybridized carbons (Fsp3) is 0.889. The van der Waals surface area contributed by atoms with E-state index in [1.165, 1.54) is 6.42 Å². The lowest BCUT2D eigenvalue weighted by molar-refractivity contribution is -0.110.